The van der Waals surface area contributed by atoms with Crippen molar-refractivity contribution in [2.45, 2.75) is 66.8 Å². The number of allylic oxidation sites excluding steroid dienone is 2. The summed E-state index contributed by atoms with van der Waals surface area (Å²) >= 11 is 0. The summed E-state index contributed by atoms with van der Waals surface area (Å²) < 4.78 is 0. The molecule has 2 atom stereocenters. The van der Waals surface area contributed by atoms with Crippen LogP contribution >= 0.6 is 0 Å². The van der Waals surface area contributed by atoms with E-state index in [0.29, 0.717) is 12.0 Å². The van der Waals surface area contributed by atoms with Gasteiger partial charge in [-0.1, -0.05) is 33.3 Å². The van der Waals surface area contributed by atoms with Crippen molar-refractivity contribution in [3.05, 3.63) is 11.3 Å². The summed E-state index contributed by atoms with van der Waals surface area (Å²) in [5.74, 6) is 0.714. The third kappa shape index (κ3) is 3.89. The molecule has 0 bridgehead atoms. The van der Waals surface area contributed by atoms with Crippen LogP contribution in [0.25, 0.3) is 0 Å². The van der Waals surface area contributed by atoms with Crippen molar-refractivity contribution < 1.29 is 0 Å². The summed E-state index contributed by atoms with van der Waals surface area (Å²) in [5, 5.41) is 0. The third-order valence-corrected chi connectivity index (χ3v) is 3.82. The molecule has 0 aromatic carbocycles. The molecule has 0 N–H and O–H groups in total. The van der Waals surface area contributed by atoms with E-state index in [0.717, 1.165) is 6.42 Å². The first-order valence-corrected chi connectivity index (χ1v) is 6.41. The average Bonchev–Trinajstić information content (AvgIpc) is 2.27. The predicted octanol–water partition coefficient (Wildman–Crippen LogP) is 4.45. The first-order valence-electron chi connectivity index (χ1n) is 6.41. The van der Waals surface area contributed by atoms with Gasteiger partial charge in [-0.25, -0.2) is 0 Å². The second-order valence-electron chi connectivity index (χ2n) is 4.66. The largest absolute Gasteiger partial charge is 0.375 e. The van der Waals surface area contributed by atoms with Crippen molar-refractivity contribution in [1.82, 2.24) is 4.90 Å². The molecule has 0 saturated heterocycles. The fraction of sp³-hybridized carbons (Fsp3) is 0.857. The quantitative estimate of drug-likeness (QED) is 0.627. The zero-order chi connectivity index (χ0) is 12.0. The molecule has 0 heterocycles. The average molecular weight is 211 g/mol. The van der Waals surface area contributed by atoms with Gasteiger partial charge in [0, 0.05) is 18.8 Å². The molecule has 90 valence electrons. The minimum Gasteiger partial charge on any atom is -0.375 e. The van der Waals surface area contributed by atoms with Crippen LogP contribution in [-0.2, 0) is 0 Å². The highest BCUT2D eigenvalue weighted by Gasteiger charge is 2.14. The Morgan fingerprint density at radius 2 is 1.60 bits per heavy atom. The zero-order valence-corrected chi connectivity index (χ0v) is 11.7. The van der Waals surface area contributed by atoms with Crippen molar-refractivity contribution in [2.24, 2.45) is 5.92 Å². The van der Waals surface area contributed by atoms with Crippen molar-refractivity contribution >= 4 is 0 Å². The van der Waals surface area contributed by atoms with E-state index in [4.69, 9.17) is 0 Å². The minimum absolute atomic E-state index is 0.652. The van der Waals surface area contributed by atoms with E-state index in [1.807, 2.05) is 0 Å². The maximum atomic E-state index is 2.46. The van der Waals surface area contributed by atoms with Gasteiger partial charge < -0.3 is 4.90 Å². The molecule has 0 spiro atoms. The van der Waals surface area contributed by atoms with Gasteiger partial charge in [0.05, 0.1) is 0 Å². The van der Waals surface area contributed by atoms with E-state index in [1.165, 1.54) is 12.8 Å². The van der Waals surface area contributed by atoms with Gasteiger partial charge in [0.2, 0.25) is 0 Å². The van der Waals surface area contributed by atoms with Gasteiger partial charge in [0.1, 0.15) is 0 Å². The molecule has 15 heavy (non-hydrogen) atoms. The summed E-state index contributed by atoms with van der Waals surface area (Å²) in [5.41, 5.74) is 3.11. The Morgan fingerprint density at radius 3 is 1.93 bits per heavy atom. The van der Waals surface area contributed by atoms with Crippen LogP contribution in [0.5, 0.6) is 0 Å². The highest BCUT2D eigenvalue weighted by Crippen LogP contribution is 2.23. The van der Waals surface area contributed by atoms with E-state index in [2.05, 4.69) is 53.5 Å². The Hall–Kier alpha value is -0.460. The van der Waals surface area contributed by atoms with Crippen molar-refractivity contribution in [2.75, 3.05) is 7.05 Å². The number of hydrogen-bond acceptors (Lipinski definition) is 1. The Morgan fingerprint density at radius 1 is 1.07 bits per heavy atom. The Bertz CT molecular complexity index is 205. The second-order valence-corrected chi connectivity index (χ2v) is 4.66. The normalized spacial score (nSPS) is 17.0. The number of rotatable bonds is 6. The predicted molar refractivity (Wildman–Crippen MR) is 70.0 cm³/mol. The van der Waals surface area contributed by atoms with Gasteiger partial charge in [-0.05, 0) is 39.0 Å². The maximum absolute atomic E-state index is 2.46. The molecule has 0 aromatic rings. The molecule has 1 nitrogen and oxygen atoms in total. The SMILES string of the molecule is CC/C(=C(/C)C(C)CC)N(C)C(C)CC. The van der Waals surface area contributed by atoms with E-state index >= 15 is 0 Å². The van der Waals surface area contributed by atoms with E-state index in [1.54, 1.807) is 11.3 Å². The van der Waals surface area contributed by atoms with Crippen molar-refractivity contribution in [1.29, 1.82) is 0 Å². The number of nitrogens with zero attached hydrogens (tertiary/aromatic N) is 1. The van der Waals surface area contributed by atoms with Crippen LogP contribution < -0.4 is 0 Å². The molecule has 0 fully saturated rings. The lowest BCUT2D eigenvalue weighted by Gasteiger charge is -2.31. The van der Waals surface area contributed by atoms with Crippen LogP contribution in [0.15, 0.2) is 11.3 Å². The fourth-order valence-corrected chi connectivity index (χ4v) is 1.94. The molecule has 1 heteroatoms. The van der Waals surface area contributed by atoms with Gasteiger partial charge in [0.25, 0.3) is 0 Å². The van der Waals surface area contributed by atoms with Crippen LogP contribution in [0.4, 0.5) is 0 Å². The third-order valence-electron chi connectivity index (χ3n) is 3.82. The minimum atomic E-state index is 0.652. The summed E-state index contributed by atoms with van der Waals surface area (Å²) in [6.45, 7) is 13.7. The molecule has 0 saturated carbocycles. The van der Waals surface area contributed by atoms with E-state index < -0.39 is 0 Å². The standard InChI is InChI=1S/C14H29N/c1-8-11(4)13(6)14(10-3)15(7)12(5)9-2/h11-12H,8-10H2,1-7H3/b14-13+. The van der Waals surface area contributed by atoms with E-state index in [9.17, 15) is 0 Å². The van der Waals surface area contributed by atoms with Gasteiger partial charge in [-0.3, -0.25) is 0 Å². The highest BCUT2D eigenvalue weighted by molar-refractivity contribution is 5.13. The van der Waals surface area contributed by atoms with Gasteiger partial charge in [-0.2, -0.15) is 0 Å². The van der Waals surface area contributed by atoms with Crippen LogP contribution in [-0.4, -0.2) is 18.0 Å². The number of hydrogen-bond donors (Lipinski definition) is 0. The smallest absolute Gasteiger partial charge is 0.0252 e. The van der Waals surface area contributed by atoms with Crippen LogP contribution in [0.2, 0.25) is 0 Å². The van der Waals surface area contributed by atoms with Gasteiger partial charge in [-0.15, -0.1) is 0 Å². The summed E-state index contributed by atoms with van der Waals surface area (Å²) in [7, 11) is 2.24. The lowest BCUT2D eigenvalue weighted by molar-refractivity contribution is 0.300. The van der Waals surface area contributed by atoms with Crippen LogP contribution in [0.1, 0.15) is 60.8 Å². The summed E-state index contributed by atoms with van der Waals surface area (Å²) in [6, 6.07) is 0.652. The molecule has 0 radical (unpaired) electrons. The lowest BCUT2D eigenvalue weighted by atomic mass is 9.96. The zero-order valence-electron chi connectivity index (χ0n) is 11.7. The molecule has 0 aromatic heterocycles. The molecular formula is C14H29N. The van der Waals surface area contributed by atoms with Gasteiger partial charge >= 0.3 is 0 Å². The fourth-order valence-electron chi connectivity index (χ4n) is 1.94. The monoisotopic (exact) mass is 211 g/mol. The van der Waals surface area contributed by atoms with E-state index in [-0.39, 0.29) is 0 Å². The summed E-state index contributed by atoms with van der Waals surface area (Å²) in [4.78, 5) is 2.46. The summed E-state index contributed by atoms with van der Waals surface area (Å²) in [6.07, 6.45) is 3.61. The van der Waals surface area contributed by atoms with Gasteiger partial charge in [0.15, 0.2) is 0 Å². The van der Waals surface area contributed by atoms with Crippen LogP contribution in [0.3, 0.4) is 0 Å². The Balaban J connectivity index is 4.86. The topological polar surface area (TPSA) is 3.24 Å². The lowest BCUT2D eigenvalue weighted by Crippen LogP contribution is -2.29. The molecule has 0 rings (SSSR count). The second kappa shape index (κ2) is 6.92. The van der Waals surface area contributed by atoms with Crippen molar-refractivity contribution in [3.8, 4) is 0 Å². The Kier molecular flexibility index (Phi) is 6.71. The highest BCUT2D eigenvalue weighted by atomic mass is 15.1. The first kappa shape index (κ1) is 14.5. The molecule has 0 amide bonds. The van der Waals surface area contributed by atoms with Crippen LogP contribution in [0, 0.1) is 5.92 Å². The molecule has 2 unspecified atom stereocenters. The molecule has 0 aliphatic rings. The molecule has 0 aliphatic carbocycles. The molecule has 0 aliphatic heterocycles. The van der Waals surface area contributed by atoms with Crippen molar-refractivity contribution in [3.63, 3.8) is 0 Å². The molecular weight excluding hydrogens is 182 g/mol. The first-order chi connectivity index (χ1) is 6.99. The maximum Gasteiger partial charge on any atom is 0.0252 e. The Labute approximate surface area is 96.6 Å².